The Morgan fingerprint density at radius 3 is 2.48 bits per heavy atom. The van der Waals surface area contributed by atoms with Gasteiger partial charge in [-0.15, -0.1) is 10.2 Å². The maximum Gasteiger partial charge on any atom is 0.244 e. The summed E-state index contributed by atoms with van der Waals surface area (Å²) in [5, 5.41) is 8.94. The quantitative estimate of drug-likeness (QED) is 0.272. The third kappa shape index (κ3) is 3.76. The Hall–Kier alpha value is -2.98. The molecule has 0 spiro atoms. The van der Waals surface area contributed by atoms with Gasteiger partial charge in [-0.3, -0.25) is 14.8 Å². The molecule has 0 aliphatic carbocycles. The van der Waals surface area contributed by atoms with Crippen LogP contribution in [0.5, 0.6) is 11.5 Å². The topological polar surface area (TPSA) is 117 Å². The molecule has 0 saturated heterocycles. The van der Waals surface area contributed by atoms with Crippen LogP contribution in [0.3, 0.4) is 0 Å². The molecular formula is C17H19N5O4S. The van der Waals surface area contributed by atoms with Crippen molar-refractivity contribution in [2.75, 3.05) is 20.0 Å². The summed E-state index contributed by atoms with van der Waals surface area (Å²) in [7, 11) is 3.13. The molecule has 1 aromatic carbocycles. The van der Waals surface area contributed by atoms with E-state index in [2.05, 4.69) is 15.6 Å². The van der Waals surface area contributed by atoms with Crippen molar-refractivity contribution in [1.29, 1.82) is 0 Å². The number of carbonyl (C=O) groups excluding carboxylic acids is 1. The van der Waals surface area contributed by atoms with E-state index < -0.39 is 0 Å². The van der Waals surface area contributed by atoms with Gasteiger partial charge in [0.25, 0.3) is 0 Å². The average molecular weight is 389 g/mol. The van der Waals surface area contributed by atoms with Crippen LogP contribution in [-0.4, -0.2) is 40.6 Å². The first-order valence-electron chi connectivity index (χ1n) is 7.94. The van der Waals surface area contributed by atoms with Crippen molar-refractivity contribution in [2.24, 2.45) is 5.84 Å². The van der Waals surface area contributed by atoms with Crippen LogP contribution in [0.4, 0.5) is 0 Å². The molecule has 2 aromatic heterocycles. The number of carbonyl (C=O) groups is 1. The number of amides is 1. The van der Waals surface area contributed by atoms with E-state index >= 15 is 0 Å². The Kier molecular flexibility index (Phi) is 5.67. The molecule has 0 unspecified atom stereocenters. The van der Waals surface area contributed by atoms with Crippen molar-refractivity contribution in [3.05, 3.63) is 36.1 Å². The van der Waals surface area contributed by atoms with E-state index in [9.17, 15) is 4.79 Å². The van der Waals surface area contributed by atoms with E-state index in [4.69, 9.17) is 19.7 Å². The molecule has 0 atom stereocenters. The van der Waals surface area contributed by atoms with Gasteiger partial charge in [0.1, 0.15) is 22.9 Å². The summed E-state index contributed by atoms with van der Waals surface area (Å²) in [6.07, 6.45) is 0. The van der Waals surface area contributed by atoms with E-state index in [1.807, 2.05) is 19.1 Å². The molecule has 142 valence electrons. The number of nitrogens with two attached hydrogens (primary N) is 1. The molecule has 0 aliphatic heterocycles. The number of furan rings is 1. The summed E-state index contributed by atoms with van der Waals surface area (Å²) >= 11 is 1.18. The predicted octanol–water partition coefficient (Wildman–Crippen LogP) is 1.93. The number of hydrogen-bond donors (Lipinski definition) is 2. The number of para-hydroxylation sites is 1. The lowest BCUT2D eigenvalue weighted by Crippen LogP contribution is -2.31. The Balaban J connectivity index is 2.19. The van der Waals surface area contributed by atoms with Crippen LogP contribution >= 0.6 is 11.8 Å². The molecule has 10 heteroatoms. The van der Waals surface area contributed by atoms with Gasteiger partial charge in [0.15, 0.2) is 10.9 Å². The van der Waals surface area contributed by atoms with Gasteiger partial charge in [-0.1, -0.05) is 17.8 Å². The zero-order chi connectivity index (χ0) is 19.4. The highest BCUT2D eigenvalue weighted by Crippen LogP contribution is 2.38. The summed E-state index contributed by atoms with van der Waals surface area (Å²) in [5.74, 6) is 7.75. The average Bonchev–Trinajstić information content (AvgIpc) is 3.30. The molecule has 0 radical (unpaired) electrons. The number of aromatic nitrogens is 3. The fourth-order valence-corrected chi connectivity index (χ4v) is 3.25. The Bertz CT molecular complexity index is 930. The van der Waals surface area contributed by atoms with Crippen molar-refractivity contribution in [2.45, 2.75) is 12.1 Å². The first kappa shape index (κ1) is 18.8. The van der Waals surface area contributed by atoms with Crippen molar-refractivity contribution in [3.63, 3.8) is 0 Å². The van der Waals surface area contributed by atoms with Gasteiger partial charge in [0.2, 0.25) is 11.7 Å². The lowest BCUT2D eigenvalue weighted by molar-refractivity contribution is -0.118. The van der Waals surface area contributed by atoms with Gasteiger partial charge in [0.05, 0.1) is 20.0 Å². The Morgan fingerprint density at radius 1 is 1.22 bits per heavy atom. The normalized spacial score (nSPS) is 10.7. The summed E-state index contributed by atoms with van der Waals surface area (Å²) in [5.41, 5.74) is 2.70. The Morgan fingerprint density at radius 2 is 1.93 bits per heavy atom. The lowest BCUT2D eigenvalue weighted by Gasteiger charge is -2.16. The molecule has 3 rings (SSSR count). The predicted molar refractivity (Wildman–Crippen MR) is 100.0 cm³/mol. The highest BCUT2D eigenvalue weighted by molar-refractivity contribution is 7.99. The third-order valence-electron chi connectivity index (χ3n) is 3.71. The van der Waals surface area contributed by atoms with E-state index in [1.165, 1.54) is 11.8 Å². The van der Waals surface area contributed by atoms with Gasteiger partial charge in [0, 0.05) is 0 Å². The summed E-state index contributed by atoms with van der Waals surface area (Å²) in [6, 6.07) is 9.06. The van der Waals surface area contributed by atoms with Crippen LogP contribution in [0.2, 0.25) is 0 Å². The van der Waals surface area contributed by atoms with Crippen LogP contribution in [0.1, 0.15) is 5.76 Å². The highest BCUT2D eigenvalue weighted by atomic mass is 32.2. The van der Waals surface area contributed by atoms with Crippen molar-refractivity contribution in [3.8, 4) is 28.8 Å². The van der Waals surface area contributed by atoms with E-state index in [0.29, 0.717) is 33.9 Å². The van der Waals surface area contributed by atoms with Crippen molar-refractivity contribution < 1.29 is 18.7 Å². The second-order valence-corrected chi connectivity index (χ2v) is 6.36. The van der Waals surface area contributed by atoms with Crippen molar-refractivity contribution in [1.82, 2.24) is 20.2 Å². The van der Waals surface area contributed by atoms with Gasteiger partial charge in [-0.25, -0.2) is 5.84 Å². The number of methoxy groups -OCH3 is 2. The van der Waals surface area contributed by atoms with Crippen LogP contribution < -0.4 is 20.7 Å². The standard InChI is InChI=1S/C17H19N5O4S/c1-10-7-8-13(26-10)16-20-21-17(27-9-14(23)19-18)22(16)15-11(24-2)5-4-6-12(15)25-3/h4-8H,9,18H2,1-3H3,(H,19,23). The lowest BCUT2D eigenvalue weighted by atomic mass is 10.2. The van der Waals surface area contributed by atoms with Gasteiger partial charge >= 0.3 is 0 Å². The molecule has 3 aromatic rings. The summed E-state index contributed by atoms with van der Waals surface area (Å²) < 4.78 is 18.5. The Labute approximate surface area is 159 Å². The van der Waals surface area contributed by atoms with Crippen LogP contribution in [0, 0.1) is 6.92 Å². The van der Waals surface area contributed by atoms with E-state index in [-0.39, 0.29) is 11.7 Å². The summed E-state index contributed by atoms with van der Waals surface area (Å²) in [4.78, 5) is 11.6. The first-order valence-corrected chi connectivity index (χ1v) is 8.93. The SMILES string of the molecule is COc1cccc(OC)c1-n1c(SCC(=O)NN)nnc1-c1ccc(C)o1. The highest BCUT2D eigenvalue weighted by Gasteiger charge is 2.24. The smallest absolute Gasteiger partial charge is 0.244 e. The fraction of sp³-hybridized carbons (Fsp3) is 0.235. The molecule has 1 amide bonds. The van der Waals surface area contributed by atoms with Crippen LogP contribution in [0.15, 0.2) is 39.9 Å². The number of nitrogens with zero attached hydrogens (tertiary/aromatic N) is 3. The number of nitrogens with one attached hydrogen (secondary N) is 1. The minimum Gasteiger partial charge on any atom is -0.494 e. The third-order valence-corrected chi connectivity index (χ3v) is 4.64. The van der Waals surface area contributed by atoms with Gasteiger partial charge < -0.3 is 13.9 Å². The zero-order valence-corrected chi connectivity index (χ0v) is 15.9. The zero-order valence-electron chi connectivity index (χ0n) is 15.1. The molecule has 27 heavy (non-hydrogen) atoms. The number of aryl methyl sites for hydroxylation is 1. The molecule has 2 heterocycles. The largest absolute Gasteiger partial charge is 0.494 e. The number of ether oxygens (including phenoxy) is 2. The molecular weight excluding hydrogens is 370 g/mol. The molecule has 0 aliphatic rings. The number of hydrazine groups is 1. The van der Waals surface area contributed by atoms with Crippen LogP contribution in [-0.2, 0) is 4.79 Å². The second-order valence-electron chi connectivity index (χ2n) is 5.42. The number of rotatable bonds is 7. The number of hydrogen-bond acceptors (Lipinski definition) is 8. The first-order chi connectivity index (χ1) is 13.1. The minimum atomic E-state index is -0.336. The number of thioether (sulfide) groups is 1. The summed E-state index contributed by atoms with van der Waals surface area (Å²) in [6.45, 7) is 1.84. The van der Waals surface area contributed by atoms with E-state index in [1.54, 1.807) is 37.0 Å². The second kappa shape index (κ2) is 8.14. The molecule has 9 nitrogen and oxygen atoms in total. The number of benzene rings is 1. The molecule has 3 N–H and O–H groups in total. The minimum absolute atomic E-state index is 0.0727. The maximum atomic E-state index is 11.6. The molecule has 0 bridgehead atoms. The monoisotopic (exact) mass is 389 g/mol. The van der Waals surface area contributed by atoms with Gasteiger partial charge in [-0.2, -0.15) is 0 Å². The maximum absolute atomic E-state index is 11.6. The molecule has 0 saturated carbocycles. The molecule has 0 fully saturated rings. The van der Waals surface area contributed by atoms with Crippen LogP contribution in [0.25, 0.3) is 17.3 Å². The fourth-order valence-electron chi connectivity index (χ4n) is 2.50. The van der Waals surface area contributed by atoms with Gasteiger partial charge in [-0.05, 0) is 31.2 Å². The van der Waals surface area contributed by atoms with E-state index in [0.717, 1.165) is 5.76 Å². The van der Waals surface area contributed by atoms with Crippen molar-refractivity contribution >= 4 is 17.7 Å².